The van der Waals surface area contributed by atoms with E-state index in [-0.39, 0.29) is 18.4 Å². The van der Waals surface area contributed by atoms with Crippen molar-refractivity contribution in [1.82, 2.24) is 4.90 Å². The van der Waals surface area contributed by atoms with E-state index in [1.807, 2.05) is 26.8 Å². The molecule has 0 fully saturated rings. The van der Waals surface area contributed by atoms with Crippen LogP contribution in [0, 0.1) is 6.92 Å². The van der Waals surface area contributed by atoms with Crippen molar-refractivity contribution in [3.05, 3.63) is 44.6 Å². The third-order valence-electron chi connectivity index (χ3n) is 4.22. The number of carbonyl (C=O) groups excluding carboxylic acids is 2. The number of nitrogens with zero attached hydrogens (tertiary/aromatic N) is 1. The molecule has 2 rings (SSSR count). The van der Waals surface area contributed by atoms with Gasteiger partial charge in [0.1, 0.15) is 5.75 Å². The SMILES string of the molecule is CCc1sc(C(=O)Nc2ccc(OCC(=O)N(CC)CC)c(Cl)c2)cc1C. The van der Waals surface area contributed by atoms with Gasteiger partial charge in [-0.05, 0) is 57.0 Å². The third-order valence-corrected chi connectivity index (χ3v) is 5.90. The molecular weight excluding hydrogens is 384 g/mol. The van der Waals surface area contributed by atoms with E-state index in [1.165, 1.54) is 16.2 Å². The van der Waals surface area contributed by atoms with Crippen LogP contribution in [-0.2, 0) is 11.2 Å². The number of carbonyl (C=O) groups is 2. The van der Waals surface area contributed by atoms with Crippen molar-refractivity contribution in [2.45, 2.75) is 34.1 Å². The molecule has 146 valence electrons. The van der Waals surface area contributed by atoms with Gasteiger partial charge in [0.15, 0.2) is 6.61 Å². The number of rotatable bonds is 8. The number of hydrogen-bond donors (Lipinski definition) is 1. The maximum absolute atomic E-state index is 12.4. The van der Waals surface area contributed by atoms with Crippen molar-refractivity contribution in [2.75, 3.05) is 25.0 Å². The molecule has 2 amide bonds. The normalized spacial score (nSPS) is 10.6. The molecule has 0 unspecified atom stereocenters. The summed E-state index contributed by atoms with van der Waals surface area (Å²) in [6.07, 6.45) is 0.911. The van der Waals surface area contributed by atoms with Gasteiger partial charge in [0.05, 0.1) is 9.90 Å². The molecule has 7 heteroatoms. The summed E-state index contributed by atoms with van der Waals surface area (Å²) in [5, 5.41) is 3.19. The first-order valence-electron chi connectivity index (χ1n) is 9.00. The number of anilines is 1. The zero-order valence-electron chi connectivity index (χ0n) is 16.1. The van der Waals surface area contributed by atoms with Crippen LogP contribution in [0.5, 0.6) is 5.75 Å². The number of hydrogen-bond acceptors (Lipinski definition) is 4. The van der Waals surface area contributed by atoms with Crippen molar-refractivity contribution in [3.63, 3.8) is 0 Å². The molecule has 0 saturated heterocycles. The number of halogens is 1. The highest BCUT2D eigenvalue weighted by Crippen LogP contribution is 2.29. The summed E-state index contributed by atoms with van der Waals surface area (Å²) in [5.74, 6) is 0.160. The summed E-state index contributed by atoms with van der Waals surface area (Å²) in [6.45, 7) is 9.13. The Bertz CT molecular complexity index is 816. The zero-order chi connectivity index (χ0) is 20.0. The highest BCUT2D eigenvalue weighted by atomic mass is 35.5. The Labute approximate surface area is 169 Å². The Morgan fingerprint density at radius 2 is 1.89 bits per heavy atom. The lowest BCUT2D eigenvalue weighted by atomic mass is 10.2. The lowest BCUT2D eigenvalue weighted by Gasteiger charge is -2.19. The number of thiophene rings is 1. The second kappa shape index (κ2) is 9.76. The van der Waals surface area contributed by atoms with Crippen molar-refractivity contribution >= 4 is 40.4 Å². The van der Waals surface area contributed by atoms with E-state index in [0.717, 1.165) is 12.0 Å². The average molecular weight is 409 g/mol. The highest BCUT2D eigenvalue weighted by Gasteiger charge is 2.14. The van der Waals surface area contributed by atoms with Gasteiger partial charge in [-0.1, -0.05) is 18.5 Å². The molecule has 0 aliphatic heterocycles. The van der Waals surface area contributed by atoms with Gasteiger partial charge in [0, 0.05) is 23.7 Å². The summed E-state index contributed by atoms with van der Waals surface area (Å²) in [7, 11) is 0. The Balaban J connectivity index is 2.01. The van der Waals surface area contributed by atoms with Crippen LogP contribution in [0.15, 0.2) is 24.3 Å². The second-order valence-corrected chi connectivity index (χ2v) is 7.57. The number of aryl methyl sites for hydroxylation is 2. The molecule has 2 aromatic rings. The first kappa shape index (κ1) is 21.3. The fourth-order valence-electron chi connectivity index (χ4n) is 2.68. The van der Waals surface area contributed by atoms with E-state index in [4.69, 9.17) is 16.3 Å². The predicted molar refractivity (Wildman–Crippen MR) is 111 cm³/mol. The van der Waals surface area contributed by atoms with Gasteiger partial charge in [-0.15, -0.1) is 11.3 Å². The smallest absolute Gasteiger partial charge is 0.265 e. The predicted octanol–water partition coefficient (Wildman–Crippen LogP) is 4.77. The van der Waals surface area contributed by atoms with E-state index < -0.39 is 0 Å². The van der Waals surface area contributed by atoms with Gasteiger partial charge in [-0.3, -0.25) is 9.59 Å². The number of likely N-dealkylation sites (N-methyl/N-ethyl adjacent to an activating group) is 1. The molecule has 5 nitrogen and oxygen atoms in total. The summed E-state index contributed by atoms with van der Waals surface area (Å²) in [4.78, 5) is 28.0. The van der Waals surface area contributed by atoms with Crippen LogP contribution in [0.1, 0.15) is 40.9 Å². The molecule has 0 bridgehead atoms. The number of benzene rings is 1. The molecule has 1 heterocycles. The number of amides is 2. The van der Waals surface area contributed by atoms with Crippen LogP contribution >= 0.6 is 22.9 Å². The van der Waals surface area contributed by atoms with Crippen molar-refractivity contribution < 1.29 is 14.3 Å². The molecule has 0 aliphatic carbocycles. The first-order chi connectivity index (χ1) is 12.9. The summed E-state index contributed by atoms with van der Waals surface area (Å²) in [5.41, 5.74) is 1.71. The van der Waals surface area contributed by atoms with E-state index in [2.05, 4.69) is 12.2 Å². The summed E-state index contributed by atoms with van der Waals surface area (Å²) in [6, 6.07) is 6.89. The van der Waals surface area contributed by atoms with Crippen molar-refractivity contribution in [1.29, 1.82) is 0 Å². The van der Waals surface area contributed by atoms with Crippen LogP contribution in [-0.4, -0.2) is 36.4 Å². The van der Waals surface area contributed by atoms with Gasteiger partial charge in [-0.2, -0.15) is 0 Å². The number of nitrogens with one attached hydrogen (secondary N) is 1. The van der Waals surface area contributed by atoms with Gasteiger partial charge < -0.3 is 15.0 Å². The Morgan fingerprint density at radius 3 is 2.44 bits per heavy atom. The maximum atomic E-state index is 12.4. The molecule has 27 heavy (non-hydrogen) atoms. The topological polar surface area (TPSA) is 58.6 Å². The van der Waals surface area contributed by atoms with Crippen LogP contribution in [0.25, 0.3) is 0 Å². The summed E-state index contributed by atoms with van der Waals surface area (Å²) < 4.78 is 5.53. The Kier molecular flexibility index (Phi) is 7.68. The lowest BCUT2D eigenvalue weighted by molar-refractivity contribution is -0.132. The molecule has 1 aromatic heterocycles. The standard InChI is InChI=1S/C20H25ClN2O3S/c1-5-17-13(4)10-18(27-17)20(25)22-14-8-9-16(15(21)11-14)26-12-19(24)23(6-2)7-3/h8-11H,5-7,12H2,1-4H3,(H,22,25). The van der Waals surface area contributed by atoms with Gasteiger partial charge >= 0.3 is 0 Å². The third kappa shape index (κ3) is 5.47. The van der Waals surface area contributed by atoms with Crippen LogP contribution in [0.2, 0.25) is 5.02 Å². The minimum absolute atomic E-state index is 0.0681. The van der Waals surface area contributed by atoms with E-state index in [0.29, 0.717) is 34.4 Å². The minimum atomic E-state index is -0.163. The minimum Gasteiger partial charge on any atom is -0.482 e. The van der Waals surface area contributed by atoms with Crippen LogP contribution < -0.4 is 10.1 Å². The molecule has 0 aliphatic rings. The van der Waals surface area contributed by atoms with Crippen molar-refractivity contribution in [2.24, 2.45) is 0 Å². The maximum Gasteiger partial charge on any atom is 0.265 e. The highest BCUT2D eigenvalue weighted by molar-refractivity contribution is 7.14. The molecular formula is C20H25ClN2O3S. The first-order valence-corrected chi connectivity index (χ1v) is 10.2. The van der Waals surface area contributed by atoms with Crippen molar-refractivity contribution in [3.8, 4) is 5.75 Å². The Hall–Kier alpha value is -2.05. The van der Waals surface area contributed by atoms with E-state index in [9.17, 15) is 9.59 Å². The lowest BCUT2D eigenvalue weighted by Crippen LogP contribution is -2.34. The zero-order valence-corrected chi connectivity index (χ0v) is 17.7. The molecule has 0 saturated carbocycles. The second-order valence-electron chi connectivity index (χ2n) is 6.02. The molecule has 0 atom stereocenters. The largest absolute Gasteiger partial charge is 0.482 e. The molecule has 1 N–H and O–H groups in total. The average Bonchev–Trinajstić information content (AvgIpc) is 3.03. The van der Waals surface area contributed by atoms with Gasteiger partial charge in [0.25, 0.3) is 11.8 Å². The van der Waals surface area contributed by atoms with Crippen LogP contribution in [0.3, 0.4) is 0 Å². The van der Waals surface area contributed by atoms with E-state index in [1.54, 1.807) is 23.1 Å². The fraction of sp³-hybridized carbons (Fsp3) is 0.400. The Morgan fingerprint density at radius 1 is 1.19 bits per heavy atom. The molecule has 0 spiro atoms. The van der Waals surface area contributed by atoms with E-state index >= 15 is 0 Å². The monoisotopic (exact) mass is 408 g/mol. The molecule has 0 radical (unpaired) electrons. The van der Waals surface area contributed by atoms with Gasteiger partial charge in [0.2, 0.25) is 0 Å². The van der Waals surface area contributed by atoms with Crippen LogP contribution in [0.4, 0.5) is 5.69 Å². The number of ether oxygens (including phenoxy) is 1. The quantitative estimate of drug-likeness (QED) is 0.684. The molecule has 1 aromatic carbocycles. The van der Waals surface area contributed by atoms with Gasteiger partial charge in [-0.25, -0.2) is 0 Å². The fourth-order valence-corrected chi connectivity index (χ4v) is 3.92. The summed E-state index contributed by atoms with van der Waals surface area (Å²) >= 11 is 7.74.